The van der Waals surface area contributed by atoms with Crippen molar-refractivity contribution in [1.29, 1.82) is 0 Å². The summed E-state index contributed by atoms with van der Waals surface area (Å²) in [7, 11) is 0. The Balaban J connectivity index is 1.85. The Labute approximate surface area is 129 Å². The smallest absolute Gasteiger partial charge is 0.0595 e. The Bertz CT molecular complexity index is 408. The van der Waals surface area contributed by atoms with Crippen LogP contribution in [0.25, 0.3) is 0 Å². The van der Waals surface area contributed by atoms with Gasteiger partial charge in [-0.1, -0.05) is 42.1 Å². The number of nitrogens with two attached hydrogens (primary N) is 1. The first-order valence-electron chi connectivity index (χ1n) is 6.70. The van der Waals surface area contributed by atoms with Crippen molar-refractivity contribution in [3.05, 3.63) is 33.8 Å². The third-order valence-corrected chi connectivity index (χ3v) is 5.81. The van der Waals surface area contributed by atoms with Gasteiger partial charge < -0.3 is 0 Å². The molecule has 0 radical (unpaired) electrons. The van der Waals surface area contributed by atoms with Crippen LogP contribution in [0.3, 0.4) is 0 Å². The first kappa shape index (κ1) is 15.5. The SMILES string of the molecule is NNC(CSC1CCCC1)Cc1ccc(Cl)c(Cl)c1. The van der Waals surface area contributed by atoms with E-state index in [2.05, 4.69) is 5.43 Å². The van der Waals surface area contributed by atoms with E-state index in [1.165, 1.54) is 31.2 Å². The zero-order valence-corrected chi connectivity index (χ0v) is 13.2. The van der Waals surface area contributed by atoms with Crippen LogP contribution in [0.2, 0.25) is 10.0 Å². The van der Waals surface area contributed by atoms with Gasteiger partial charge in [-0.25, -0.2) is 0 Å². The number of benzene rings is 1. The average Bonchev–Trinajstić information content (AvgIpc) is 2.92. The van der Waals surface area contributed by atoms with E-state index in [-0.39, 0.29) is 6.04 Å². The summed E-state index contributed by atoms with van der Waals surface area (Å²) in [5.74, 6) is 6.69. The molecule has 1 aliphatic carbocycles. The lowest BCUT2D eigenvalue weighted by atomic mass is 10.1. The number of hydrogen-bond donors (Lipinski definition) is 2. The number of rotatable bonds is 6. The van der Waals surface area contributed by atoms with Gasteiger partial charge in [-0.15, -0.1) is 0 Å². The fourth-order valence-electron chi connectivity index (χ4n) is 2.42. The summed E-state index contributed by atoms with van der Waals surface area (Å²) in [4.78, 5) is 0. The maximum atomic E-state index is 6.03. The second kappa shape index (κ2) is 7.75. The maximum absolute atomic E-state index is 6.03. The molecule has 0 heterocycles. The van der Waals surface area contributed by atoms with Crippen molar-refractivity contribution >= 4 is 35.0 Å². The molecular weight excluding hydrogens is 299 g/mol. The van der Waals surface area contributed by atoms with Crippen LogP contribution in [-0.4, -0.2) is 17.0 Å². The molecule has 5 heteroatoms. The highest BCUT2D eigenvalue weighted by atomic mass is 35.5. The number of hydrazine groups is 1. The summed E-state index contributed by atoms with van der Waals surface area (Å²) in [6.45, 7) is 0. The fraction of sp³-hybridized carbons (Fsp3) is 0.571. The second-order valence-corrected chi connectivity index (χ2v) is 7.20. The minimum atomic E-state index is 0.280. The normalized spacial score (nSPS) is 17.8. The van der Waals surface area contributed by atoms with Crippen molar-refractivity contribution in [3.63, 3.8) is 0 Å². The molecule has 0 amide bonds. The molecule has 19 heavy (non-hydrogen) atoms. The maximum Gasteiger partial charge on any atom is 0.0595 e. The van der Waals surface area contributed by atoms with Gasteiger partial charge in [0, 0.05) is 17.0 Å². The molecule has 0 saturated heterocycles. The van der Waals surface area contributed by atoms with E-state index in [0.29, 0.717) is 10.0 Å². The third-order valence-electron chi connectivity index (χ3n) is 3.54. The lowest BCUT2D eigenvalue weighted by molar-refractivity contribution is 0.574. The first-order valence-corrected chi connectivity index (χ1v) is 8.51. The van der Waals surface area contributed by atoms with E-state index in [4.69, 9.17) is 29.0 Å². The summed E-state index contributed by atoms with van der Waals surface area (Å²) in [5.41, 5.74) is 4.08. The largest absolute Gasteiger partial charge is 0.271 e. The standard InChI is InChI=1S/C14H20Cl2N2S/c15-13-6-5-10(8-14(13)16)7-11(18-17)9-19-12-3-1-2-4-12/h5-6,8,11-12,18H,1-4,7,9,17H2. The van der Waals surface area contributed by atoms with Crippen molar-refractivity contribution in [1.82, 2.24) is 5.43 Å². The van der Waals surface area contributed by atoms with E-state index in [1.807, 2.05) is 30.0 Å². The molecule has 1 atom stereocenters. The quantitative estimate of drug-likeness (QED) is 0.614. The molecule has 1 unspecified atom stereocenters. The van der Waals surface area contributed by atoms with E-state index >= 15 is 0 Å². The van der Waals surface area contributed by atoms with Gasteiger partial charge in [0.15, 0.2) is 0 Å². The van der Waals surface area contributed by atoms with Crippen LogP contribution in [0.1, 0.15) is 31.2 Å². The number of halogens is 2. The van der Waals surface area contributed by atoms with E-state index in [0.717, 1.165) is 17.4 Å². The van der Waals surface area contributed by atoms with Crippen LogP contribution in [0.15, 0.2) is 18.2 Å². The van der Waals surface area contributed by atoms with Gasteiger partial charge in [0.05, 0.1) is 10.0 Å². The van der Waals surface area contributed by atoms with E-state index < -0.39 is 0 Å². The van der Waals surface area contributed by atoms with Crippen LogP contribution in [0.5, 0.6) is 0 Å². The monoisotopic (exact) mass is 318 g/mol. The average molecular weight is 319 g/mol. The lowest BCUT2D eigenvalue weighted by Crippen LogP contribution is -2.39. The molecule has 1 fully saturated rings. The summed E-state index contributed by atoms with van der Waals surface area (Å²) >= 11 is 14.0. The highest BCUT2D eigenvalue weighted by molar-refractivity contribution is 7.99. The van der Waals surface area contributed by atoms with Crippen molar-refractivity contribution in [2.24, 2.45) is 5.84 Å². The minimum Gasteiger partial charge on any atom is -0.271 e. The Morgan fingerprint density at radius 1 is 1.26 bits per heavy atom. The van der Waals surface area contributed by atoms with E-state index in [9.17, 15) is 0 Å². The van der Waals surface area contributed by atoms with Crippen molar-refractivity contribution < 1.29 is 0 Å². The summed E-state index contributed by atoms with van der Waals surface area (Å²) in [6.07, 6.45) is 6.35. The third kappa shape index (κ3) is 4.83. The molecule has 0 aliphatic heterocycles. The van der Waals surface area contributed by atoms with E-state index in [1.54, 1.807) is 0 Å². The van der Waals surface area contributed by atoms with Crippen molar-refractivity contribution in [2.45, 2.75) is 43.4 Å². The zero-order chi connectivity index (χ0) is 13.7. The Morgan fingerprint density at radius 3 is 2.63 bits per heavy atom. The molecule has 0 aromatic heterocycles. The molecule has 1 aliphatic rings. The van der Waals surface area contributed by atoms with Crippen LogP contribution in [0.4, 0.5) is 0 Å². The number of hydrogen-bond acceptors (Lipinski definition) is 3. The first-order chi connectivity index (χ1) is 9.19. The van der Waals surface area contributed by atoms with Gasteiger partial charge in [0.1, 0.15) is 0 Å². The summed E-state index contributed by atoms with van der Waals surface area (Å²) in [6, 6.07) is 6.06. The summed E-state index contributed by atoms with van der Waals surface area (Å²) < 4.78 is 0. The Hall–Kier alpha value is 0.0700. The molecule has 106 valence electrons. The minimum absolute atomic E-state index is 0.280. The van der Waals surface area contributed by atoms with Gasteiger partial charge in [0.25, 0.3) is 0 Å². The number of thioether (sulfide) groups is 1. The zero-order valence-electron chi connectivity index (χ0n) is 10.9. The van der Waals surface area contributed by atoms with Gasteiger partial charge in [-0.05, 0) is 37.0 Å². The van der Waals surface area contributed by atoms with Crippen LogP contribution in [0, 0.1) is 0 Å². The summed E-state index contributed by atoms with van der Waals surface area (Å²) in [5, 5.41) is 2.03. The van der Waals surface area contributed by atoms with Gasteiger partial charge in [-0.3, -0.25) is 11.3 Å². The molecule has 0 spiro atoms. The van der Waals surface area contributed by atoms with Crippen molar-refractivity contribution in [3.8, 4) is 0 Å². The van der Waals surface area contributed by atoms with Crippen LogP contribution < -0.4 is 11.3 Å². The molecule has 1 aromatic rings. The molecule has 0 bridgehead atoms. The molecule has 2 rings (SSSR count). The predicted molar refractivity (Wildman–Crippen MR) is 86.0 cm³/mol. The molecule has 2 nitrogen and oxygen atoms in total. The molecule has 1 saturated carbocycles. The van der Waals surface area contributed by atoms with Gasteiger partial charge in [0.2, 0.25) is 0 Å². The van der Waals surface area contributed by atoms with Crippen molar-refractivity contribution in [2.75, 3.05) is 5.75 Å². The number of nitrogens with one attached hydrogen (secondary N) is 1. The van der Waals surface area contributed by atoms with Crippen LogP contribution in [-0.2, 0) is 6.42 Å². The highest BCUT2D eigenvalue weighted by Gasteiger charge is 2.17. The topological polar surface area (TPSA) is 38.0 Å². The molecular formula is C14H20Cl2N2S. The lowest BCUT2D eigenvalue weighted by Gasteiger charge is -2.18. The van der Waals surface area contributed by atoms with Gasteiger partial charge in [-0.2, -0.15) is 11.8 Å². The second-order valence-electron chi connectivity index (χ2n) is 5.06. The molecule has 1 aromatic carbocycles. The Kier molecular flexibility index (Phi) is 6.30. The predicted octanol–water partition coefficient (Wildman–Crippen LogP) is 4.04. The fourth-order valence-corrected chi connectivity index (χ4v) is 4.13. The Morgan fingerprint density at radius 2 is 2.00 bits per heavy atom. The highest BCUT2D eigenvalue weighted by Crippen LogP contribution is 2.30. The van der Waals surface area contributed by atoms with Gasteiger partial charge >= 0.3 is 0 Å². The molecule has 3 N–H and O–H groups in total. The van der Waals surface area contributed by atoms with Crippen LogP contribution >= 0.6 is 35.0 Å².